The van der Waals surface area contributed by atoms with E-state index < -0.39 is 11.6 Å². The largest absolute Gasteiger partial charge is 0.505 e. The second-order valence-corrected chi connectivity index (χ2v) is 8.71. The van der Waals surface area contributed by atoms with Crippen LogP contribution >= 0.6 is 0 Å². The number of nitrogens with one attached hydrogen (secondary N) is 1. The van der Waals surface area contributed by atoms with Gasteiger partial charge in [0.1, 0.15) is 5.76 Å². The van der Waals surface area contributed by atoms with Crippen molar-refractivity contribution in [2.24, 2.45) is 0 Å². The molecule has 0 fully saturated rings. The molecular weight excluding hydrogens is 398 g/mol. The van der Waals surface area contributed by atoms with Gasteiger partial charge in [-0.15, -0.1) is 0 Å². The average molecular weight is 436 g/mol. The molecule has 0 saturated carbocycles. The molecule has 1 aromatic carbocycles. The first-order chi connectivity index (χ1) is 15.3. The fourth-order valence-corrected chi connectivity index (χ4v) is 3.71. The SMILES string of the molecule is CCCCCC1=C(NCc2ccccc2)C(O)=C(C/C=C(\C)CCC=C(C)C)C(=O)C1=O. The number of Topliss-reactive ketones (excluding diaryl/α,β-unsaturated/α-hetero) is 2. The molecule has 172 valence electrons. The average Bonchev–Trinajstić information content (AvgIpc) is 2.77. The molecule has 0 radical (unpaired) electrons. The second-order valence-electron chi connectivity index (χ2n) is 8.71. The van der Waals surface area contributed by atoms with Crippen molar-refractivity contribution in [1.29, 1.82) is 0 Å². The Balaban J connectivity index is 2.28. The van der Waals surface area contributed by atoms with Crippen molar-refractivity contribution >= 4 is 11.6 Å². The van der Waals surface area contributed by atoms with Gasteiger partial charge in [0.25, 0.3) is 0 Å². The molecule has 2 N–H and O–H groups in total. The van der Waals surface area contributed by atoms with Crippen molar-refractivity contribution in [1.82, 2.24) is 5.32 Å². The normalized spacial score (nSPS) is 14.8. The summed E-state index contributed by atoms with van der Waals surface area (Å²) >= 11 is 0. The van der Waals surface area contributed by atoms with E-state index in [4.69, 9.17) is 0 Å². The van der Waals surface area contributed by atoms with Crippen LogP contribution in [0.4, 0.5) is 0 Å². The van der Waals surface area contributed by atoms with E-state index in [0.717, 1.165) is 43.2 Å². The Labute approximate surface area is 192 Å². The third-order valence-electron chi connectivity index (χ3n) is 5.67. The maximum absolute atomic E-state index is 13.0. The number of carbonyl (C=O) groups excluding carboxylic acids is 2. The third kappa shape index (κ3) is 7.37. The van der Waals surface area contributed by atoms with Gasteiger partial charge in [-0.05, 0) is 58.4 Å². The van der Waals surface area contributed by atoms with Gasteiger partial charge in [-0.25, -0.2) is 0 Å². The van der Waals surface area contributed by atoms with Gasteiger partial charge in [-0.1, -0.05) is 73.4 Å². The van der Waals surface area contributed by atoms with Crippen LogP contribution in [0.5, 0.6) is 0 Å². The zero-order valence-electron chi connectivity index (χ0n) is 20.0. The maximum Gasteiger partial charge on any atom is 0.233 e. The number of carbonyl (C=O) groups is 2. The first-order valence-electron chi connectivity index (χ1n) is 11.7. The summed E-state index contributed by atoms with van der Waals surface area (Å²) in [6.45, 7) is 8.74. The Bertz CT molecular complexity index is 929. The summed E-state index contributed by atoms with van der Waals surface area (Å²) in [5, 5.41) is 14.3. The van der Waals surface area contributed by atoms with Crippen molar-refractivity contribution in [3.05, 3.63) is 81.8 Å². The van der Waals surface area contributed by atoms with Crippen LogP contribution in [0.15, 0.2) is 76.2 Å². The van der Waals surface area contributed by atoms with E-state index in [1.807, 2.05) is 43.3 Å². The number of allylic oxidation sites excluding steroid dienone is 6. The fraction of sp³-hybridized carbons (Fsp3) is 0.429. The topological polar surface area (TPSA) is 66.4 Å². The molecule has 0 spiro atoms. The van der Waals surface area contributed by atoms with Crippen LogP contribution in [0.2, 0.25) is 0 Å². The highest BCUT2D eigenvalue weighted by Gasteiger charge is 2.34. The summed E-state index contributed by atoms with van der Waals surface area (Å²) in [6.07, 6.45) is 9.51. The highest BCUT2D eigenvalue weighted by Crippen LogP contribution is 2.29. The molecule has 0 saturated heterocycles. The molecular formula is C28H37NO3. The lowest BCUT2D eigenvalue weighted by atomic mass is 9.87. The monoisotopic (exact) mass is 435 g/mol. The number of aliphatic hydroxyl groups excluding tert-OH is 1. The molecule has 4 nitrogen and oxygen atoms in total. The van der Waals surface area contributed by atoms with Crippen LogP contribution in [0.3, 0.4) is 0 Å². The van der Waals surface area contributed by atoms with Crippen LogP contribution in [0.1, 0.15) is 78.2 Å². The molecule has 1 aliphatic carbocycles. The number of hydrogen-bond acceptors (Lipinski definition) is 4. The highest BCUT2D eigenvalue weighted by atomic mass is 16.3. The van der Waals surface area contributed by atoms with Crippen LogP contribution < -0.4 is 5.32 Å². The van der Waals surface area contributed by atoms with Crippen molar-refractivity contribution < 1.29 is 14.7 Å². The van der Waals surface area contributed by atoms with Gasteiger partial charge < -0.3 is 10.4 Å². The van der Waals surface area contributed by atoms with E-state index in [2.05, 4.69) is 32.2 Å². The maximum atomic E-state index is 13.0. The Morgan fingerprint density at radius 1 is 0.969 bits per heavy atom. The van der Waals surface area contributed by atoms with Crippen molar-refractivity contribution in [3.63, 3.8) is 0 Å². The molecule has 0 heterocycles. The summed E-state index contributed by atoms with van der Waals surface area (Å²) in [7, 11) is 0. The molecule has 0 aliphatic heterocycles. The highest BCUT2D eigenvalue weighted by molar-refractivity contribution is 6.50. The van der Waals surface area contributed by atoms with Gasteiger partial charge in [0, 0.05) is 12.1 Å². The van der Waals surface area contributed by atoms with Crippen LogP contribution in [-0.4, -0.2) is 16.7 Å². The zero-order chi connectivity index (χ0) is 23.5. The Morgan fingerprint density at radius 2 is 1.66 bits per heavy atom. The third-order valence-corrected chi connectivity index (χ3v) is 5.67. The number of benzene rings is 1. The van der Waals surface area contributed by atoms with Gasteiger partial charge in [0.05, 0.1) is 11.3 Å². The minimum atomic E-state index is -0.576. The molecule has 1 aliphatic rings. The fourth-order valence-electron chi connectivity index (χ4n) is 3.71. The second kappa shape index (κ2) is 12.8. The van der Waals surface area contributed by atoms with Gasteiger partial charge in [0.15, 0.2) is 0 Å². The Hall–Kier alpha value is -2.88. The summed E-state index contributed by atoms with van der Waals surface area (Å²) in [4.78, 5) is 25.8. The Morgan fingerprint density at radius 3 is 2.31 bits per heavy atom. The molecule has 1 aromatic rings. The number of hydrogen-bond donors (Lipinski definition) is 2. The van der Waals surface area contributed by atoms with Gasteiger partial charge in [0.2, 0.25) is 11.6 Å². The number of ketones is 2. The molecule has 4 heteroatoms. The lowest BCUT2D eigenvalue weighted by Crippen LogP contribution is -2.31. The first kappa shape index (κ1) is 25.4. The van der Waals surface area contributed by atoms with E-state index in [1.165, 1.54) is 5.57 Å². The molecule has 0 aromatic heterocycles. The Kier molecular flexibility index (Phi) is 10.2. The summed E-state index contributed by atoms with van der Waals surface area (Å²) in [6, 6.07) is 9.82. The standard InChI is InChI=1S/C28H37NO3/c1-5-6-8-16-23-25(29-19-22-14-9-7-10-15-22)26(30)24(28(32)27(23)31)18-17-21(4)13-11-12-20(2)3/h7,9-10,12,14-15,17,29-30H,5-6,8,11,13,16,18-19H2,1-4H3/b21-17+. The lowest BCUT2D eigenvalue weighted by molar-refractivity contribution is -0.132. The van der Waals surface area contributed by atoms with Crippen LogP contribution in [-0.2, 0) is 16.1 Å². The van der Waals surface area contributed by atoms with E-state index in [0.29, 0.717) is 24.2 Å². The molecule has 0 unspecified atom stereocenters. The predicted octanol–water partition coefficient (Wildman–Crippen LogP) is 6.66. The zero-order valence-corrected chi connectivity index (χ0v) is 20.0. The minimum absolute atomic E-state index is 0.0784. The smallest absolute Gasteiger partial charge is 0.233 e. The number of aliphatic hydroxyl groups is 1. The van der Waals surface area contributed by atoms with E-state index in [-0.39, 0.29) is 17.8 Å². The summed E-state index contributed by atoms with van der Waals surface area (Å²) < 4.78 is 0. The van der Waals surface area contributed by atoms with Gasteiger partial charge >= 0.3 is 0 Å². The van der Waals surface area contributed by atoms with E-state index >= 15 is 0 Å². The van der Waals surface area contributed by atoms with Gasteiger partial charge in [-0.3, -0.25) is 9.59 Å². The molecule has 32 heavy (non-hydrogen) atoms. The van der Waals surface area contributed by atoms with Crippen LogP contribution in [0.25, 0.3) is 0 Å². The van der Waals surface area contributed by atoms with E-state index in [9.17, 15) is 14.7 Å². The van der Waals surface area contributed by atoms with E-state index in [1.54, 1.807) is 0 Å². The number of rotatable bonds is 12. The molecule has 0 amide bonds. The van der Waals surface area contributed by atoms with Crippen LogP contribution in [0, 0.1) is 0 Å². The minimum Gasteiger partial charge on any atom is -0.505 e. The summed E-state index contributed by atoms with van der Waals surface area (Å²) in [5.41, 5.74) is 4.47. The number of unbranched alkanes of at least 4 members (excludes halogenated alkanes) is 2. The lowest BCUT2D eigenvalue weighted by Gasteiger charge is -2.22. The molecule has 2 rings (SSSR count). The van der Waals surface area contributed by atoms with Gasteiger partial charge in [-0.2, -0.15) is 0 Å². The quantitative estimate of drug-likeness (QED) is 0.167. The predicted molar refractivity (Wildman–Crippen MR) is 131 cm³/mol. The molecule has 0 atom stereocenters. The van der Waals surface area contributed by atoms with Crippen molar-refractivity contribution in [2.75, 3.05) is 0 Å². The summed E-state index contributed by atoms with van der Waals surface area (Å²) in [5.74, 6) is -1.14. The first-order valence-corrected chi connectivity index (χ1v) is 11.7. The van der Waals surface area contributed by atoms with Crippen molar-refractivity contribution in [3.8, 4) is 0 Å². The molecule has 0 bridgehead atoms. The van der Waals surface area contributed by atoms with Crippen molar-refractivity contribution in [2.45, 2.75) is 79.2 Å².